The monoisotopic (exact) mass is 471 g/mol. The summed E-state index contributed by atoms with van der Waals surface area (Å²) in [7, 11) is 1.72. The third-order valence-corrected chi connectivity index (χ3v) is 4.03. The van der Waals surface area contributed by atoms with Crippen LogP contribution in [0, 0.1) is 11.7 Å². The lowest BCUT2D eigenvalue weighted by atomic mass is 10.1. The van der Waals surface area contributed by atoms with Gasteiger partial charge >= 0.3 is 0 Å². The lowest BCUT2D eigenvalue weighted by Crippen LogP contribution is -2.39. The fraction of sp³-hybridized carbons (Fsp3) is 0.500. The number of ether oxygens (including phenoxy) is 1. The van der Waals surface area contributed by atoms with Gasteiger partial charge in [-0.25, -0.2) is 4.39 Å². The minimum absolute atomic E-state index is 0. The minimum atomic E-state index is -0.240. The molecule has 0 saturated carbocycles. The Hall–Kier alpha value is -0.410. The second-order valence-electron chi connectivity index (χ2n) is 4.77. The van der Waals surface area contributed by atoms with Gasteiger partial charge in [-0.2, -0.15) is 0 Å². The van der Waals surface area contributed by atoms with E-state index in [0.29, 0.717) is 18.4 Å². The molecule has 1 unspecified atom stereocenters. The topological polar surface area (TPSA) is 45.7 Å². The third-order valence-electron chi connectivity index (χ3n) is 3.26. The lowest BCUT2D eigenvalue weighted by molar-refractivity contribution is 0.186. The molecular weight excluding hydrogens is 452 g/mol. The zero-order chi connectivity index (χ0) is 14.4. The second kappa shape index (κ2) is 9.58. The lowest BCUT2D eigenvalue weighted by Gasteiger charge is -2.15. The van der Waals surface area contributed by atoms with Crippen LogP contribution in [-0.2, 0) is 11.3 Å². The Balaban J connectivity index is 0.00000220. The van der Waals surface area contributed by atoms with E-state index in [0.717, 1.165) is 36.2 Å². The molecule has 7 heteroatoms. The molecule has 1 fully saturated rings. The molecule has 1 atom stereocenters. The molecule has 21 heavy (non-hydrogen) atoms. The molecule has 1 aromatic carbocycles. The summed E-state index contributed by atoms with van der Waals surface area (Å²) in [5.74, 6) is 1.01. The highest BCUT2D eigenvalue weighted by atomic mass is 127. The summed E-state index contributed by atoms with van der Waals surface area (Å²) in [6.45, 7) is 3.00. The van der Waals surface area contributed by atoms with Crippen LogP contribution in [0.3, 0.4) is 0 Å². The fourth-order valence-corrected chi connectivity index (χ4v) is 2.45. The Bertz CT molecular complexity index is 481. The predicted octanol–water partition coefficient (Wildman–Crippen LogP) is 2.91. The number of rotatable bonds is 4. The molecule has 1 aromatic rings. The van der Waals surface area contributed by atoms with E-state index in [4.69, 9.17) is 4.74 Å². The molecule has 118 valence electrons. The maximum absolute atomic E-state index is 13.2. The Morgan fingerprint density at radius 2 is 2.29 bits per heavy atom. The minimum Gasteiger partial charge on any atom is -0.381 e. The van der Waals surface area contributed by atoms with Gasteiger partial charge in [0.2, 0.25) is 0 Å². The van der Waals surface area contributed by atoms with E-state index in [1.165, 1.54) is 12.1 Å². The number of nitrogens with one attached hydrogen (secondary N) is 2. The van der Waals surface area contributed by atoms with Gasteiger partial charge in [-0.15, -0.1) is 24.0 Å². The zero-order valence-corrected chi connectivity index (χ0v) is 15.8. The second-order valence-corrected chi connectivity index (χ2v) is 5.63. The standard InChI is InChI=1S/C14H19BrFN3O.HI/c1-17-14(18-7-10-4-5-20-9-10)19-8-11-6-12(16)2-3-13(11)15;/h2-3,6,10H,4-5,7-9H2,1H3,(H2,17,18,19);1H. The molecule has 1 aliphatic heterocycles. The van der Waals surface area contributed by atoms with Crippen molar-refractivity contribution in [2.45, 2.75) is 13.0 Å². The summed E-state index contributed by atoms with van der Waals surface area (Å²) < 4.78 is 19.4. The van der Waals surface area contributed by atoms with Crippen molar-refractivity contribution in [3.8, 4) is 0 Å². The van der Waals surface area contributed by atoms with Gasteiger partial charge in [0, 0.05) is 37.1 Å². The first kappa shape index (κ1) is 18.6. The van der Waals surface area contributed by atoms with Crippen LogP contribution in [0.15, 0.2) is 27.7 Å². The summed E-state index contributed by atoms with van der Waals surface area (Å²) in [6.07, 6.45) is 1.08. The average molecular weight is 472 g/mol. The van der Waals surface area contributed by atoms with Gasteiger partial charge in [0.1, 0.15) is 5.82 Å². The van der Waals surface area contributed by atoms with Gasteiger partial charge < -0.3 is 15.4 Å². The van der Waals surface area contributed by atoms with Crippen LogP contribution >= 0.6 is 39.9 Å². The van der Waals surface area contributed by atoms with Crippen LogP contribution < -0.4 is 10.6 Å². The van der Waals surface area contributed by atoms with Gasteiger partial charge in [0.25, 0.3) is 0 Å². The van der Waals surface area contributed by atoms with Gasteiger partial charge in [0.05, 0.1) is 6.61 Å². The van der Waals surface area contributed by atoms with Gasteiger partial charge in [-0.3, -0.25) is 4.99 Å². The zero-order valence-electron chi connectivity index (χ0n) is 11.9. The first-order valence-corrected chi connectivity index (χ1v) is 7.44. The Labute approximate surface area is 150 Å². The van der Waals surface area contributed by atoms with Crippen molar-refractivity contribution < 1.29 is 9.13 Å². The Morgan fingerprint density at radius 1 is 1.48 bits per heavy atom. The smallest absolute Gasteiger partial charge is 0.191 e. The highest BCUT2D eigenvalue weighted by molar-refractivity contribution is 14.0. The van der Waals surface area contributed by atoms with Crippen molar-refractivity contribution in [3.63, 3.8) is 0 Å². The third kappa shape index (κ3) is 6.07. The van der Waals surface area contributed by atoms with Crippen molar-refractivity contribution in [3.05, 3.63) is 34.1 Å². The quantitative estimate of drug-likeness (QED) is 0.403. The van der Waals surface area contributed by atoms with E-state index >= 15 is 0 Å². The van der Waals surface area contributed by atoms with Gasteiger partial charge in [-0.05, 0) is 30.2 Å². The molecule has 0 amide bonds. The molecule has 2 N–H and O–H groups in total. The molecule has 0 aromatic heterocycles. The molecule has 1 saturated heterocycles. The molecule has 0 spiro atoms. The Kier molecular flexibility index (Phi) is 8.50. The largest absolute Gasteiger partial charge is 0.381 e. The van der Waals surface area contributed by atoms with E-state index in [9.17, 15) is 4.39 Å². The number of benzene rings is 1. The van der Waals surface area contributed by atoms with Gasteiger partial charge in [-0.1, -0.05) is 15.9 Å². The van der Waals surface area contributed by atoms with Crippen LogP contribution in [-0.4, -0.2) is 32.8 Å². The first-order valence-electron chi connectivity index (χ1n) is 6.65. The average Bonchev–Trinajstić information content (AvgIpc) is 2.96. The molecule has 4 nitrogen and oxygen atoms in total. The van der Waals surface area contributed by atoms with Crippen molar-refractivity contribution in [2.24, 2.45) is 10.9 Å². The van der Waals surface area contributed by atoms with Gasteiger partial charge in [0.15, 0.2) is 5.96 Å². The van der Waals surface area contributed by atoms with E-state index in [1.807, 2.05) is 0 Å². The maximum Gasteiger partial charge on any atom is 0.191 e. The normalized spacial score (nSPS) is 18.2. The number of nitrogens with zero attached hydrogens (tertiary/aromatic N) is 1. The fourth-order valence-electron chi connectivity index (χ4n) is 2.06. The summed E-state index contributed by atoms with van der Waals surface area (Å²) in [6, 6.07) is 4.65. The van der Waals surface area contributed by atoms with Crippen LogP contribution in [0.5, 0.6) is 0 Å². The highest BCUT2D eigenvalue weighted by Gasteiger charge is 2.15. The number of guanidine groups is 1. The first-order chi connectivity index (χ1) is 9.69. The van der Waals surface area contributed by atoms with E-state index in [-0.39, 0.29) is 29.8 Å². The molecule has 1 heterocycles. The number of aliphatic imine (C=N–C) groups is 1. The molecule has 1 aliphatic rings. The van der Waals surface area contributed by atoms with Crippen molar-refractivity contribution in [2.75, 3.05) is 26.8 Å². The Morgan fingerprint density at radius 3 is 2.95 bits per heavy atom. The van der Waals surface area contributed by atoms with Crippen LogP contribution in [0.4, 0.5) is 4.39 Å². The molecular formula is C14H20BrFIN3O. The maximum atomic E-state index is 13.2. The van der Waals surface area contributed by atoms with E-state index < -0.39 is 0 Å². The van der Waals surface area contributed by atoms with Crippen LogP contribution in [0.25, 0.3) is 0 Å². The highest BCUT2D eigenvalue weighted by Crippen LogP contribution is 2.17. The van der Waals surface area contributed by atoms with Crippen molar-refractivity contribution >= 4 is 45.9 Å². The SMILES string of the molecule is CN=C(NCc1cc(F)ccc1Br)NCC1CCOC1.I. The van der Waals surface area contributed by atoms with E-state index in [2.05, 4.69) is 31.6 Å². The van der Waals surface area contributed by atoms with Crippen molar-refractivity contribution in [1.82, 2.24) is 10.6 Å². The van der Waals surface area contributed by atoms with Crippen LogP contribution in [0.2, 0.25) is 0 Å². The summed E-state index contributed by atoms with van der Waals surface area (Å²) in [5.41, 5.74) is 0.858. The van der Waals surface area contributed by atoms with Crippen molar-refractivity contribution in [1.29, 1.82) is 0 Å². The van der Waals surface area contributed by atoms with E-state index in [1.54, 1.807) is 13.1 Å². The molecule has 0 aliphatic carbocycles. The molecule has 0 radical (unpaired) electrons. The summed E-state index contributed by atoms with van der Waals surface area (Å²) in [5, 5.41) is 6.44. The number of hydrogen-bond donors (Lipinski definition) is 2. The summed E-state index contributed by atoms with van der Waals surface area (Å²) in [4.78, 5) is 4.16. The van der Waals surface area contributed by atoms with Crippen LogP contribution in [0.1, 0.15) is 12.0 Å². The summed E-state index contributed by atoms with van der Waals surface area (Å²) >= 11 is 3.41. The molecule has 2 rings (SSSR count). The number of hydrogen-bond acceptors (Lipinski definition) is 2. The molecule has 0 bridgehead atoms. The predicted molar refractivity (Wildman–Crippen MR) is 96.6 cm³/mol. The number of halogens is 3.